The Morgan fingerprint density at radius 1 is 0.900 bits per heavy atom. The SMILES string of the molecule is NCc1noc(Cc2ccccc2)c1-c1ccccc1. The third-order valence-electron chi connectivity index (χ3n) is 3.30. The van der Waals surface area contributed by atoms with Gasteiger partial charge in [-0.15, -0.1) is 0 Å². The molecular formula is C17H16N2O. The number of aromatic nitrogens is 1. The molecule has 0 saturated carbocycles. The molecule has 0 spiro atoms. The van der Waals surface area contributed by atoms with Crippen molar-refractivity contribution in [3.8, 4) is 11.1 Å². The van der Waals surface area contributed by atoms with E-state index in [1.54, 1.807) is 0 Å². The molecule has 3 rings (SSSR count). The van der Waals surface area contributed by atoms with Crippen molar-refractivity contribution in [3.05, 3.63) is 77.7 Å². The standard InChI is InChI=1S/C17H16N2O/c18-12-15-17(14-9-5-2-6-10-14)16(20-19-15)11-13-7-3-1-4-8-13/h1-10H,11-12,18H2. The van der Waals surface area contributed by atoms with E-state index in [9.17, 15) is 0 Å². The van der Waals surface area contributed by atoms with E-state index in [4.69, 9.17) is 10.3 Å². The zero-order valence-corrected chi connectivity index (χ0v) is 11.1. The monoisotopic (exact) mass is 264 g/mol. The van der Waals surface area contributed by atoms with Gasteiger partial charge in [-0.1, -0.05) is 65.8 Å². The first-order chi connectivity index (χ1) is 9.88. The molecule has 0 aliphatic carbocycles. The van der Waals surface area contributed by atoms with Crippen LogP contribution in [0.3, 0.4) is 0 Å². The fourth-order valence-corrected chi connectivity index (χ4v) is 2.34. The first-order valence-electron chi connectivity index (χ1n) is 6.65. The fraction of sp³-hybridized carbons (Fsp3) is 0.118. The van der Waals surface area contributed by atoms with Crippen molar-refractivity contribution in [3.63, 3.8) is 0 Å². The Labute approximate surface area is 118 Å². The Balaban J connectivity index is 2.02. The topological polar surface area (TPSA) is 52.0 Å². The van der Waals surface area contributed by atoms with Gasteiger partial charge in [-0.25, -0.2) is 0 Å². The summed E-state index contributed by atoms with van der Waals surface area (Å²) in [5, 5.41) is 4.11. The summed E-state index contributed by atoms with van der Waals surface area (Å²) >= 11 is 0. The van der Waals surface area contributed by atoms with Crippen molar-refractivity contribution in [1.29, 1.82) is 0 Å². The number of benzene rings is 2. The summed E-state index contributed by atoms with van der Waals surface area (Å²) in [7, 11) is 0. The molecule has 0 amide bonds. The van der Waals surface area contributed by atoms with Gasteiger partial charge in [0, 0.05) is 18.5 Å². The molecule has 1 heterocycles. The second-order valence-corrected chi connectivity index (χ2v) is 4.66. The lowest BCUT2D eigenvalue weighted by Gasteiger charge is -2.04. The van der Waals surface area contributed by atoms with Crippen LogP contribution in [-0.2, 0) is 13.0 Å². The van der Waals surface area contributed by atoms with Crippen LogP contribution >= 0.6 is 0 Å². The van der Waals surface area contributed by atoms with Gasteiger partial charge in [-0.2, -0.15) is 0 Å². The minimum absolute atomic E-state index is 0.377. The third-order valence-corrected chi connectivity index (χ3v) is 3.30. The molecule has 3 heteroatoms. The normalized spacial score (nSPS) is 10.7. The minimum atomic E-state index is 0.377. The van der Waals surface area contributed by atoms with Crippen molar-refractivity contribution in [2.45, 2.75) is 13.0 Å². The lowest BCUT2D eigenvalue weighted by atomic mass is 9.99. The molecule has 1 aromatic heterocycles. The van der Waals surface area contributed by atoms with Crippen LogP contribution in [0.1, 0.15) is 17.0 Å². The Bertz CT molecular complexity index is 675. The van der Waals surface area contributed by atoms with Crippen LogP contribution in [0.25, 0.3) is 11.1 Å². The highest BCUT2D eigenvalue weighted by Crippen LogP contribution is 2.29. The molecule has 3 aromatic rings. The molecule has 2 aromatic carbocycles. The molecule has 2 N–H and O–H groups in total. The predicted octanol–water partition coefficient (Wildman–Crippen LogP) is 3.39. The van der Waals surface area contributed by atoms with Crippen molar-refractivity contribution < 1.29 is 4.52 Å². The van der Waals surface area contributed by atoms with Gasteiger partial charge in [0.25, 0.3) is 0 Å². The second kappa shape index (κ2) is 5.72. The van der Waals surface area contributed by atoms with E-state index in [0.29, 0.717) is 6.54 Å². The van der Waals surface area contributed by atoms with Crippen LogP contribution in [-0.4, -0.2) is 5.16 Å². The predicted molar refractivity (Wildman–Crippen MR) is 79.1 cm³/mol. The molecule has 0 bridgehead atoms. The average Bonchev–Trinajstić information content (AvgIpc) is 2.92. The number of hydrogen-bond donors (Lipinski definition) is 1. The van der Waals surface area contributed by atoms with E-state index >= 15 is 0 Å². The number of hydrogen-bond acceptors (Lipinski definition) is 3. The van der Waals surface area contributed by atoms with Gasteiger partial charge in [0.2, 0.25) is 0 Å². The van der Waals surface area contributed by atoms with Crippen LogP contribution in [0, 0.1) is 0 Å². The quantitative estimate of drug-likeness (QED) is 0.785. The van der Waals surface area contributed by atoms with Crippen LogP contribution in [0.4, 0.5) is 0 Å². The summed E-state index contributed by atoms with van der Waals surface area (Å²) in [5.74, 6) is 0.864. The molecule has 0 aliphatic rings. The molecule has 20 heavy (non-hydrogen) atoms. The molecule has 0 unspecified atom stereocenters. The van der Waals surface area contributed by atoms with Gasteiger partial charge in [-0.3, -0.25) is 0 Å². The zero-order chi connectivity index (χ0) is 13.8. The maximum Gasteiger partial charge on any atom is 0.149 e. The number of rotatable bonds is 4. The lowest BCUT2D eigenvalue weighted by molar-refractivity contribution is 0.383. The Morgan fingerprint density at radius 2 is 1.55 bits per heavy atom. The van der Waals surface area contributed by atoms with E-state index in [-0.39, 0.29) is 0 Å². The van der Waals surface area contributed by atoms with Crippen LogP contribution in [0.5, 0.6) is 0 Å². The van der Waals surface area contributed by atoms with Gasteiger partial charge < -0.3 is 10.3 Å². The Kier molecular flexibility index (Phi) is 3.61. The Hall–Kier alpha value is -2.39. The van der Waals surface area contributed by atoms with E-state index < -0.39 is 0 Å². The van der Waals surface area contributed by atoms with E-state index in [2.05, 4.69) is 29.4 Å². The minimum Gasteiger partial charge on any atom is -0.360 e. The number of nitrogens with zero attached hydrogens (tertiary/aromatic N) is 1. The Morgan fingerprint density at radius 3 is 2.20 bits per heavy atom. The van der Waals surface area contributed by atoms with E-state index in [1.807, 2.05) is 36.4 Å². The lowest BCUT2D eigenvalue weighted by Crippen LogP contribution is -1.99. The van der Waals surface area contributed by atoms with E-state index in [1.165, 1.54) is 5.56 Å². The molecule has 0 fully saturated rings. The summed E-state index contributed by atoms with van der Waals surface area (Å²) in [6, 6.07) is 20.3. The molecule has 100 valence electrons. The largest absolute Gasteiger partial charge is 0.360 e. The number of nitrogens with two attached hydrogens (primary N) is 1. The molecule has 3 nitrogen and oxygen atoms in total. The van der Waals surface area contributed by atoms with Crippen molar-refractivity contribution in [1.82, 2.24) is 5.16 Å². The maximum atomic E-state index is 5.77. The zero-order valence-electron chi connectivity index (χ0n) is 11.1. The summed E-state index contributed by atoms with van der Waals surface area (Å²) in [4.78, 5) is 0. The molecule has 0 saturated heterocycles. The highest BCUT2D eigenvalue weighted by molar-refractivity contribution is 5.68. The van der Waals surface area contributed by atoms with Crippen LogP contribution in [0.2, 0.25) is 0 Å². The highest BCUT2D eigenvalue weighted by atomic mass is 16.5. The van der Waals surface area contributed by atoms with Gasteiger partial charge in [-0.05, 0) is 11.1 Å². The maximum absolute atomic E-state index is 5.77. The fourth-order valence-electron chi connectivity index (χ4n) is 2.34. The van der Waals surface area contributed by atoms with Crippen molar-refractivity contribution in [2.24, 2.45) is 5.73 Å². The van der Waals surface area contributed by atoms with Crippen LogP contribution in [0.15, 0.2) is 65.2 Å². The van der Waals surface area contributed by atoms with Gasteiger partial charge >= 0.3 is 0 Å². The highest BCUT2D eigenvalue weighted by Gasteiger charge is 2.16. The summed E-state index contributed by atoms with van der Waals surface area (Å²) in [6.07, 6.45) is 0.720. The molecule has 0 atom stereocenters. The third kappa shape index (κ3) is 2.49. The summed E-state index contributed by atoms with van der Waals surface area (Å²) in [6.45, 7) is 0.377. The first-order valence-corrected chi connectivity index (χ1v) is 6.65. The van der Waals surface area contributed by atoms with Gasteiger partial charge in [0.05, 0.1) is 0 Å². The first kappa shape index (κ1) is 12.6. The van der Waals surface area contributed by atoms with Crippen molar-refractivity contribution >= 4 is 0 Å². The average molecular weight is 264 g/mol. The van der Waals surface area contributed by atoms with Gasteiger partial charge in [0.15, 0.2) is 0 Å². The van der Waals surface area contributed by atoms with Gasteiger partial charge in [0.1, 0.15) is 11.5 Å². The second-order valence-electron chi connectivity index (χ2n) is 4.66. The van der Waals surface area contributed by atoms with Crippen molar-refractivity contribution in [2.75, 3.05) is 0 Å². The molecule has 0 aliphatic heterocycles. The van der Waals surface area contributed by atoms with E-state index in [0.717, 1.165) is 29.0 Å². The van der Waals surface area contributed by atoms with Crippen LogP contribution < -0.4 is 5.73 Å². The summed E-state index contributed by atoms with van der Waals surface area (Å²) in [5.41, 5.74) is 9.90. The smallest absolute Gasteiger partial charge is 0.149 e. The summed E-state index contributed by atoms with van der Waals surface area (Å²) < 4.78 is 5.52. The molecular weight excluding hydrogens is 248 g/mol. The molecule has 0 radical (unpaired) electrons.